The van der Waals surface area contributed by atoms with Crippen molar-refractivity contribution in [2.75, 3.05) is 5.43 Å². The number of nitrogens with zero attached hydrogens (tertiary/aromatic N) is 5. The predicted molar refractivity (Wildman–Crippen MR) is 114 cm³/mol. The Morgan fingerprint density at radius 1 is 1.03 bits per heavy atom. The Morgan fingerprint density at radius 3 is 2.72 bits per heavy atom. The van der Waals surface area contributed by atoms with Gasteiger partial charge in [-0.3, -0.25) is 0 Å². The quantitative estimate of drug-likeness (QED) is 0.308. The molecule has 160 valence electrons. The minimum atomic E-state index is -4.42. The summed E-state index contributed by atoms with van der Waals surface area (Å²) in [5.41, 5.74) is 4.61. The zero-order valence-corrected chi connectivity index (χ0v) is 16.6. The van der Waals surface area contributed by atoms with Crippen LogP contribution in [0, 0.1) is 0 Å². The van der Waals surface area contributed by atoms with Gasteiger partial charge in [0, 0.05) is 18.0 Å². The van der Waals surface area contributed by atoms with Crippen molar-refractivity contribution in [3.63, 3.8) is 0 Å². The van der Waals surface area contributed by atoms with Crippen molar-refractivity contribution in [2.24, 2.45) is 12.1 Å². The van der Waals surface area contributed by atoms with E-state index in [2.05, 4.69) is 25.7 Å². The first kappa shape index (κ1) is 19.7. The summed E-state index contributed by atoms with van der Waals surface area (Å²) in [5, 5.41) is 13.3. The van der Waals surface area contributed by atoms with E-state index in [1.165, 1.54) is 12.3 Å². The number of halogens is 3. The van der Waals surface area contributed by atoms with Gasteiger partial charge < -0.3 is 8.98 Å². The molecule has 0 radical (unpaired) electrons. The van der Waals surface area contributed by atoms with Crippen molar-refractivity contribution in [3.05, 3.63) is 72.0 Å². The van der Waals surface area contributed by atoms with Crippen LogP contribution in [0.5, 0.6) is 0 Å². The van der Waals surface area contributed by atoms with Gasteiger partial charge in [0.2, 0.25) is 0 Å². The molecule has 0 unspecified atom stereocenters. The van der Waals surface area contributed by atoms with E-state index in [1.807, 2.05) is 35.9 Å². The fraction of sp³-hybridized carbons (Fsp3) is 0.0909. The van der Waals surface area contributed by atoms with Gasteiger partial charge in [-0.1, -0.05) is 30.3 Å². The fourth-order valence-corrected chi connectivity index (χ4v) is 3.43. The molecule has 10 heteroatoms. The van der Waals surface area contributed by atoms with Gasteiger partial charge in [-0.2, -0.15) is 23.3 Å². The number of aromatic nitrogens is 4. The highest BCUT2D eigenvalue weighted by Gasteiger charge is 2.30. The Labute approximate surface area is 179 Å². The summed E-state index contributed by atoms with van der Waals surface area (Å²) in [4.78, 5) is 4.46. The van der Waals surface area contributed by atoms with Crippen LogP contribution in [-0.2, 0) is 13.2 Å². The molecule has 3 heterocycles. The summed E-state index contributed by atoms with van der Waals surface area (Å²) in [7, 11) is 1.89. The lowest BCUT2D eigenvalue weighted by Crippen LogP contribution is -2.04. The second-order valence-electron chi connectivity index (χ2n) is 7.03. The molecule has 32 heavy (non-hydrogen) atoms. The van der Waals surface area contributed by atoms with Crippen LogP contribution in [0.4, 0.5) is 19.1 Å². The third kappa shape index (κ3) is 3.55. The summed E-state index contributed by atoms with van der Waals surface area (Å²) >= 11 is 0. The van der Waals surface area contributed by atoms with Crippen molar-refractivity contribution in [1.29, 1.82) is 0 Å². The van der Waals surface area contributed by atoms with E-state index in [0.29, 0.717) is 28.2 Å². The number of furan rings is 1. The lowest BCUT2D eigenvalue weighted by atomic mass is 10.1. The summed E-state index contributed by atoms with van der Waals surface area (Å²) in [6, 6.07) is 15.9. The number of aryl methyl sites for hydroxylation is 1. The van der Waals surface area contributed by atoms with Crippen molar-refractivity contribution in [1.82, 2.24) is 19.7 Å². The lowest BCUT2D eigenvalue weighted by molar-refractivity contribution is -0.137. The predicted octanol–water partition coefficient (Wildman–Crippen LogP) is 5.24. The first-order valence-electron chi connectivity index (χ1n) is 9.54. The number of fused-ring (bicyclic) bond motifs is 3. The smallest absolute Gasteiger partial charge is 0.416 e. The van der Waals surface area contributed by atoms with Crippen LogP contribution in [-0.4, -0.2) is 26.0 Å². The number of hydrogen-bond acceptors (Lipinski definition) is 6. The number of hydrazone groups is 1. The summed E-state index contributed by atoms with van der Waals surface area (Å²) in [6.45, 7) is 0. The van der Waals surface area contributed by atoms with E-state index in [1.54, 1.807) is 18.2 Å². The van der Waals surface area contributed by atoms with Crippen LogP contribution in [0.3, 0.4) is 0 Å². The van der Waals surface area contributed by atoms with E-state index < -0.39 is 11.7 Å². The summed E-state index contributed by atoms with van der Waals surface area (Å²) in [5.74, 6) is 0.847. The third-order valence-electron chi connectivity index (χ3n) is 4.96. The van der Waals surface area contributed by atoms with E-state index in [-0.39, 0.29) is 5.95 Å². The van der Waals surface area contributed by atoms with Crippen LogP contribution >= 0.6 is 0 Å². The molecule has 3 aromatic heterocycles. The molecular formula is C22H15F3N6O. The highest BCUT2D eigenvalue weighted by molar-refractivity contribution is 6.04. The van der Waals surface area contributed by atoms with E-state index >= 15 is 0 Å². The molecule has 5 rings (SSSR count). The van der Waals surface area contributed by atoms with Gasteiger partial charge in [0.1, 0.15) is 17.0 Å². The Kier molecular flexibility index (Phi) is 4.62. The number of anilines is 1. The number of benzene rings is 2. The molecular weight excluding hydrogens is 421 g/mol. The van der Waals surface area contributed by atoms with E-state index in [9.17, 15) is 13.2 Å². The van der Waals surface area contributed by atoms with Crippen molar-refractivity contribution < 1.29 is 17.6 Å². The van der Waals surface area contributed by atoms with E-state index in [4.69, 9.17) is 4.42 Å². The molecule has 0 saturated heterocycles. The Morgan fingerprint density at radius 2 is 1.88 bits per heavy atom. The number of nitrogens with one attached hydrogen (secondary N) is 1. The van der Waals surface area contributed by atoms with Crippen LogP contribution < -0.4 is 5.43 Å². The highest BCUT2D eigenvalue weighted by Crippen LogP contribution is 2.32. The SMILES string of the molecule is Cn1c2ccccc2c2nnc(N/N=C/c3ccc(-c4cccc(C(F)(F)F)c4)o3)nc21. The van der Waals surface area contributed by atoms with Crippen LogP contribution in [0.2, 0.25) is 0 Å². The molecule has 0 aliphatic carbocycles. The summed E-state index contributed by atoms with van der Waals surface area (Å²) in [6.07, 6.45) is -3.04. The number of hydrogen-bond donors (Lipinski definition) is 1. The summed E-state index contributed by atoms with van der Waals surface area (Å²) < 4.78 is 46.3. The molecule has 5 aromatic rings. The molecule has 0 saturated carbocycles. The van der Waals surface area contributed by atoms with Crippen molar-refractivity contribution >= 4 is 34.2 Å². The van der Waals surface area contributed by atoms with Gasteiger partial charge in [-0.25, -0.2) is 5.43 Å². The van der Waals surface area contributed by atoms with Crippen molar-refractivity contribution in [2.45, 2.75) is 6.18 Å². The maximum atomic E-state index is 12.9. The normalized spacial score (nSPS) is 12.2. The van der Waals surface area contributed by atoms with Gasteiger partial charge in [-0.05, 0) is 30.3 Å². The monoisotopic (exact) mass is 436 g/mol. The minimum Gasteiger partial charge on any atom is -0.455 e. The van der Waals surface area contributed by atoms with Crippen LogP contribution in [0.1, 0.15) is 11.3 Å². The molecule has 0 aliphatic heterocycles. The van der Waals surface area contributed by atoms with Gasteiger partial charge in [-0.15, -0.1) is 10.2 Å². The minimum absolute atomic E-state index is 0.198. The first-order chi connectivity index (χ1) is 15.4. The van der Waals surface area contributed by atoms with Gasteiger partial charge in [0.15, 0.2) is 5.65 Å². The Balaban J connectivity index is 1.35. The lowest BCUT2D eigenvalue weighted by Gasteiger charge is -2.07. The molecule has 0 spiro atoms. The van der Waals surface area contributed by atoms with Gasteiger partial charge in [0.25, 0.3) is 5.95 Å². The largest absolute Gasteiger partial charge is 0.455 e. The highest BCUT2D eigenvalue weighted by atomic mass is 19.4. The average Bonchev–Trinajstić information content (AvgIpc) is 3.37. The third-order valence-corrected chi connectivity index (χ3v) is 4.96. The first-order valence-corrected chi connectivity index (χ1v) is 9.54. The Bertz CT molecular complexity index is 1470. The molecule has 0 bridgehead atoms. The average molecular weight is 436 g/mol. The zero-order chi connectivity index (χ0) is 22.3. The van der Waals surface area contributed by atoms with Gasteiger partial charge in [0.05, 0.1) is 17.3 Å². The number of alkyl halides is 3. The van der Waals surface area contributed by atoms with E-state index in [0.717, 1.165) is 23.0 Å². The maximum absolute atomic E-state index is 12.9. The number of para-hydroxylation sites is 1. The van der Waals surface area contributed by atoms with Gasteiger partial charge >= 0.3 is 6.18 Å². The molecule has 0 atom stereocenters. The van der Waals surface area contributed by atoms with Crippen molar-refractivity contribution in [3.8, 4) is 11.3 Å². The van der Waals surface area contributed by atoms with Crippen LogP contribution in [0.15, 0.2) is 70.2 Å². The molecule has 2 aromatic carbocycles. The standard InChI is InChI=1S/C22H15F3N6O/c1-31-17-8-3-2-7-16(17)19-20(31)27-21(30-28-19)29-26-12-15-9-10-18(32-15)13-5-4-6-14(11-13)22(23,24)25/h2-12H,1H3,(H,27,29,30)/b26-12+. The molecule has 1 N–H and O–H groups in total. The molecule has 0 amide bonds. The second-order valence-corrected chi connectivity index (χ2v) is 7.03. The van der Waals surface area contributed by atoms with Crippen LogP contribution in [0.25, 0.3) is 33.4 Å². The molecule has 7 nitrogen and oxygen atoms in total. The molecule has 0 aliphatic rings. The second kappa shape index (κ2) is 7.49. The topological polar surface area (TPSA) is 81.1 Å². The maximum Gasteiger partial charge on any atom is 0.416 e. The number of rotatable bonds is 4. The molecule has 0 fully saturated rings. The fourth-order valence-electron chi connectivity index (χ4n) is 3.43. The zero-order valence-electron chi connectivity index (χ0n) is 16.6. The Hall–Kier alpha value is -4.21.